The average Bonchev–Trinajstić information content (AvgIpc) is 3.48. The van der Waals surface area contributed by atoms with Gasteiger partial charge >= 0.3 is 0 Å². The Bertz CT molecular complexity index is 1070. The smallest absolute Gasteiger partial charge is 0.224 e. The number of ether oxygens (including phenoxy) is 1. The summed E-state index contributed by atoms with van der Waals surface area (Å²) in [5.41, 5.74) is 3.79. The standard InChI is InChI=1S/C26H29N3O2/c30-25(28-21-8-1-2-9-21)16-20-7-3-5-18-11-12-24(29-26(18)20)19-6-4-10-22(15-19)31-23-13-14-27-17-23/h3-7,10-12,15,21,23,27H,1-2,8-9,13-14,16-17H2,(H,28,30)/t23-/m1/s1. The van der Waals surface area contributed by atoms with Crippen LogP contribution in [0.1, 0.15) is 37.7 Å². The van der Waals surface area contributed by atoms with E-state index in [1.165, 1.54) is 12.8 Å². The Kier molecular flexibility index (Phi) is 5.85. The fourth-order valence-corrected chi connectivity index (χ4v) is 4.68. The van der Waals surface area contributed by atoms with Gasteiger partial charge in [-0.3, -0.25) is 4.79 Å². The fourth-order valence-electron chi connectivity index (χ4n) is 4.68. The van der Waals surface area contributed by atoms with Crippen molar-refractivity contribution >= 4 is 16.8 Å². The lowest BCUT2D eigenvalue weighted by Gasteiger charge is -2.14. The minimum atomic E-state index is 0.0900. The molecule has 2 N–H and O–H groups in total. The predicted molar refractivity (Wildman–Crippen MR) is 123 cm³/mol. The van der Waals surface area contributed by atoms with Gasteiger partial charge in [-0.2, -0.15) is 0 Å². The molecule has 2 aromatic carbocycles. The van der Waals surface area contributed by atoms with Gasteiger partial charge in [0.25, 0.3) is 0 Å². The number of aromatic nitrogens is 1. The molecule has 2 aliphatic rings. The van der Waals surface area contributed by atoms with Gasteiger partial charge in [0, 0.05) is 23.5 Å². The predicted octanol–water partition coefficient (Wildman–Crippen LogP) is 4.24. The molecule has 5 rings (SSSR count). The van der Waals surface area contributed by atoms with E-state index >= 15 is 0 Å². The van der Waals surface area contributed by atoms with Crippen LogP contribution in [-0.2, 0) is 11.2 Å². The highest BCUT2D eigenvalue weighted by Crippen LogP contribution is 2.27. The van der Waals surface area contributed by atoms with Crippen molar-refractivity contribution in [2.24, 2.45) is 0 Å². The second-order valence-electron chi connectivity index (χ2n) is 8.67. The first-order chi connectivity index (χ1) is 15.2. The van der Waals surface area contributed by atoms with Crippen molar-refractivity contribution < 1.29 is 9.53 Å². The maximum atomic E-state index is 12.6. The molecule has 0 unspecified atom stereocenters. The minimum absolute atomic E-state index is 0.0900. The summed E-state index contributed by atoms with van der Waals surface area (Å²) < 4.78 is 6.12. The van der Waals surface area contributed by atoms with E-state index in [1.807, 2.05) is 30.3 Å². The summed E-state index contributed by atoms with van der Waals surface area (Å²) in [4.78, 5) is 17.6. The van der Waals surface area contributed by atoms with Crippen LogP contribution in [0.3, 0.4) is 0 Å². The van der Waals surface area contributed by atoms with E-state index in [9.17, 15) is 4.79 Å². The van der Waals surface area contributed by atoms with Crippen molar-refractivity contribution in [3.8, 4) is 17.0 Å². The lowest BCUT2D eigenvalue weighted by molar-refractivity contribution is -0.121. The molecule has 0 bridgehead atoms. The Morgan fingerprint density at radius 1 is 1.06 bits per heavy atom. The van der Waals surface area contributed by atoms with Crippen LogP contribution in [0.15, 0.2) is 54.6 Å². The van der Waals surface area contributed by atoms with Crippen LogP contribution in [0.4, 0.5) is 0 Å². The van der Waals surface area contributed by atoms with E-state index in [2.05, 4.69) is 34.9 Å². The van der Waals surface area contributed by atoms with Gasteiger partial charge in [0.2, 0.25) is 5.91 Å². The number of para-hydroxylation sites is 1. The van der Waals surface area contributed by atoms with Crippen molar-refractivity contribution in [2.45, 2.75) is 50.7 Å². The third kappa shape index (κ3) is 4.72. The molecule has 1 aliphatic carbocycles. The van der Waals surface area contributed by atoms with Gasteiger partial charge in [0.15, 0.2) is 0 Å². The minimum Gasteiger partial charge on any atom is -0.489 e. The number of amides is 1. The first-order valence-electron chi connectivity index (χ1n) is 11.4. The number of rotatable bonds is 6. The van der Waals surface area contributed by atoms with Crippen LogP contribution < -0.4 is 15.4 Å². The number of nitrogens with one attached hydrogen (secondary N) is 2. The normalized spacial score (nSPS) is 19.0. The van der Waals surface area contributed by atoms with Crippen LogP contribution in [0.2, 0.25) is 0 Å². The highest BCUT2D eigenvalue weighted by Gasteiger charge is 2.18. The van der Waals surface area contributed by atoms with Gasteiger partial charge in [0.05, 0.1) is 17.6 Å². The molecule has 2 heterocycles. The van der Waals surface area contributed by atoms with Gasteiger partial charge in [-0.1, -0.05) is 49.2 Å². The summed E-state index contributed by atoms with van der Waals surface area (Å²) in [6, 6.07) is 18.7. The first-order valence-corrected chi connectivity index (χ1v) is 11.4. The first kappa shape index (κ1) is 20.0. The van der Waals surface area contributed by atoms with Crippen molar-refractivity contribution in [2.75, 3.05) is 13.1 Å². The summed E-state index contributed by atoms with van der Waals surface area (Å²) in [6.07, 6.45) is 6.24. The van der Waals surface area contributed by atoms with Crippen molar-refractivity contribution in [3.63, 3.8) is 0 Å². The third-order valence-corrected chi connectivity index (χ3v) is 6.32. The van der Waals surface area contributed by atoms with E-state index < -0.39 is 0 Å². The molecule has 1 aliphatic heterocycles. The molecule has 1 aromatic heterocycles. The van der Waals surface area contributed by atoms with Gasteiger partial charge in [-0.05, 0) is 49.6 Å². The summed E-state index contributed by atoms with van der Waals surface area (Å²) in [7, 11) is 0. The number of nitrogens with zero attached hydrogens (tertiary/aromatic N) is 1. The van der Waals surface area contributed by atoms with E-state index in [1.54, 1.807) is 0 Å². The van der Waals surface area contributed by atoms with Crippen LogP contribution in [0.5, 0.6) is 5.75 Å². The molecule has 3 aromatic rings. The molecule has 160 valence electrons. The Morgan fingerprint density at radius 3 is 2.77 bits per heavy atom. The van der Waals surface area contributed by atoms with Gasteiger partial charge in [-0.15, -0.1) is 0 Å². The SMILES string of the molecule is O=C(Cc1cccc2ccc(-c3cccc(O[C@@H]4CCNC4)c3)nc12)NC1CCCC1. The zero-order valence-corrected chi connectivity index (χ0v) is 17.8. The van der Waals surface area contributed by atoms with Gasteiger partial charge in [-0.25, -0.2) is 4.98 Å². The fraction of sp³-hybridized carbons (Fsp3) is 0.385. The number of carbonyl (C=O) groups is 1. The summed E-state index contributed by atoms with van der Waals surface area (Å²) in [5.74, 6) is 0.962. The summed E-state index contributed by atoms with van der Waals surface area (Å²) in [6.45, 7) is 1.90. The van der Waals surface area contributed by atoms with Crippen LogP contribution >= 0.6 is 0 Å². The zero-order chi connectivity index (χ0) is 21.0. The molecule has 2 fully saturated rings. The van der Waals surface area contributed by atoms with E-state index in [0.717, 1.165) is 65.8 Å². The molecule has 0 radical (unpaired) electrons. The Balaban J connectivity index is 1.39. The lowest BCUT2D eigenvalue weighted by atomic mass is 10.0. The third-order valence-electron chi connectivity index (χ3n) is 6.32. The number of pyridine rings is 1. The molecule has 1 atom stereocenters. The van der Waals surface area contributed by atoms with Crippen molar-refractivity contribution in [3.05, 3.63) is 60.2 Å². The molecule has 31 heavy (non-hydrogen) atoms. The Morgan fingerprint density at radius 2 is 1.94 bits per heavy atom. The maximum absolute atomic E-state index is 12.6. The van der Waals surface area contributed by atoms with E-state index in [0.29, 0.717) is 12.5 Å². The largest absolute Gasteiger partial charge is 0.489 e. The molecule has 1 saturated heterocycles. The molecular formula is C26H29N3O2. The second kappa shape index (κ2) is 9.06. The Hall–Kier alpha value is -2.92. The van der Waals surface area contributed by atoms with Crippen molar-refractivity contribution in [1.82, 2.24) is 15.6 Å². The van der Waals surface area contributed by atoms with Crippen molar-refractivity contribution in [1.29, 1.82) is 0 Å². The topological polar surface area (TPSA) is 63.2 Å². The average molecular weight is 416 g/mol. The molecule has 5 heteroatoms. The van der Waals surface area contributed by atoms with Gasteiger partial charge in [0.1, 0.15) is 11.9 Å². The number of benzene rings is 2. The number of fused-ring (bicyclic) bond motifs is 1. The summed E-state index contributed by atoms with van der Waals surface area (Å²) in [5, 5.41) is 7.58. The molecule has 0 spiro atoms. The molecular weight excluding hydrogens is 386 g/mol. The maximum Gasteiger partial charge on any atom is 0.224 e. The van der Waals surface area contributed by atoms with Gasteiger partial charge < -0.3 is 15.4 Å². The molecule has 1 amide bonds. The highest BCUT2D eigenvalue weighted by atomic mass is 16.5. The summed E-state index contributed by atoms with van der Waals surface area (Å²) >= 11 is 0. The Labute approximate surface area is 183 Å². The van der Waals surface area contributed by atoms with Crippen LogP contribution in [-0.4, -0.2) is 36.1 Å². The van der Waals surface area contributed by atoms with E-state index in [-0.39, 0.29) is 12.0 Å². The van der Waals surface area contributed by atoms with E-state index in [4.69, 9.17) is 9.72 Å². The number of carbonyl (C=O) groups excluding carboxylic acids is 1. The number of hydrogen-bond donors (Lipinski definition) is 2. The second-order valence-corrected chi connectivity index (χ2v) is 8.67. The van der Waals surface area contributed by atoms with Crippen LogP contribution in [0, 0.1) is 0 Å². The lowest BCUT2D eigenvalue weighted by Crippen LogP contribution is -2.33. The highest BCUT2D eigenvalue weighted by molar-refractivity contribution is 5.89. The van der Waals surface area contributed by atoms with Crippen LogP contribution in [0.25, 0.3) is 22.2 Å². The zero-order valence-electron chi connectivity index (χ0n) is 17.8. The molecule has 5 nitrogen and oxygen atoms in total. The quantitative estimate of drug-likeness (QED) is 0.632. The molecule has 1 saturated carbocycles. The number of hydrogen-bond acceptors (Lipinski definition) is 4. The monoisotopic (exact) mass is 415 g/mol.